The van der Waals surface area contributed by atoms with Gasteiger partial charge in [-0.3, -0.25) is 4.79 Å². The van der Waals surface area contributed by atoms with Crippen LogP contribution in [0.2, 0.25) is 0 Å². The number of rotatable bonds is 6. The fourth-order valence-electron chi connectivity index (χ4n) is 2.62. The molecule has 22 heavy (non-hydrogen) atoms. The lowest BCUT2D eigenvalue weighted by Gasteiger charge is -2.15. The summed E-state index contributed by atoms with van der Waals surface area (Å²) in [6.07, 6.45) is 3.75. The second-order valence-electron chi connectivity index (χ2n) is 5.33. The van der Waals surface area contributed by atoms with Gasteiger partial charge in [0, 0.05) is 18.2 Å². The Morgan fingerprint density at radius 3 is 2.59 bits per heavy atom. The number of amides is 1. The van der Waals surface area contributed by atoms with Crippen LogP contribution in [0.25, 0.3) is 0 Å². The molecule has 1 fully saturated rings. The fourth-order valence-corrected chi connectivity index (χ4v) is 4.12. The third kappa shape index (κ3) is 3.78. The number of ether oxygens (including phenoxy) is 1. The zero-order valence-corrected chi connectivity index (χ0v) is 13.7. The Balaban J connectivity index is 2.33. The molecule has 6 nitrogen and oxygen atoms in total. The number of nitrogens with one attached hydrogen (secondary N) is 2. The van der Waals surface area contributed by atoms with Crippen LogP contribution in [0.1, 0.15) is 43.0 Å². The molecule has 2 N–H and O–H groups in total. The Kier molecular flexibility index (Phi) is 5.42. The molecule has 1 aliphatic rings. The summed E-state index contributed by atoms with van der Waals surface area (Å²) >= 11 is 0. The average Bonchev–Trinajstić information content (AvgIpc) is 2.99. The minimum absolute atomic E-state index is 0.00523. The third-order valence-electron chi connectivity index (χ3n) is 3.73. The Bertz CT molecular complexity index is 637. The van der Waals surface area contributed by atoms with Crippen LogP contribution in [-0.4, -0.2) is 34.0 Å². The van der Waals surface area contributed by atoms with E-state index in [9.17, 15) is 13.2 Å². The van der Waals surface area contributed by atoms with Gasteiger partial charge in [0.25, 0.3) is 5.91 Å². The van der Waals surface area contributed by atoms with Crippen molar-refractivity contribution >= 4 is 15.9 Å². The highest BCUT2D eigenvalue weighted by molar-refractivity contribution is 7.89. The van der Waals surface area contributed by atoms with Crippen molar-refractivity contribution < 1.29 is 17.9 Å². The summed E-state index contributed by atoms with van der Waals surface area (Å²) in [7, 11) is -2.30. The molecule has 0 aromatic heterocycles. The van der Waals surface area contributed by atoms with E-state index in [4.69, 9.17) is 4.74 Å². The molecule has 1 aromatic carbocycles. The van der Waals surface area contributed by atoms with Gasteiger partial charge in [-0.05, 0) is 38.0 Å². The quantitative estimate of drug-likeness (QED) is 0.833. The minimum Gasteiger partial charge on any atom is -0.495 e. The van der Waals surface area contributed by atoms with Crippen LogP contribution in [0, 0.1) is 0 Å². The van der Waals surface area contributed by atoms with Crippen molar-refractivity contribution in [2.75, 3.05) is 13.7 Å². The highest BCUT2D eigenvalue weighted by atomic mass is 32.2. The first kappa shape index (κ1) is 16.8. The summed E-state index contributed by atoms with van der Waals surface area (Å²) in [5.41, 5.74) is 0.300. The lowest BCUT2D eigenvalue weighted by molar-refractivity contribution is 0.0955. The number of hydrogen-bond donors (Lipinski definition) is 2. The van der Waals surface area contributed by atoms with Gasteiger partial charge in [-0.25, -0.2) is 13.1 Å². The monoisotopic (exact) mass is 326 g/mol. The maximum absolute atomic E-state index is 12.6. The van der Waals surface area contributed by atoms with E-state index in [2.05, 4.69) is 10.0 Å². The molecular formula is C15H22N2O4S. The SMILES string of the molecule is CCNC(=O)c1ccc(OC)c(S(=O)(=O)NC2CCCC2)c1. The summed E-state index contributed by atoms with van der Waals surface area (Å²) < 4.78 is 33.0. The molecule has 2 rings (SSSR count). The summed E-state index contributed by atoms with van der Waals surface area (Å²) in [6, 6.07) is 4.38. The normalized spacial score (nSPS) is 15.7. The van der Waals surface area contributed by atoms with E-state index in [0.29, 0.717) is 12.1 Å². The molecule has 1 aromatic rings. The van der Waals surface area contributed by atoms with E-state index in [1.807, 2.05) is 0 Å². The Morgan fingerprint density at radius 2 is 2.00 bits per heavy atom. The van der Waals surface area contributed by atoms with Gasteiger partial charge in [0.1, 0.15) is 10.6 Å². The van der Waals surface area contributed by atoms with E-state index >= 15 is 0 Å². The minimum atomic E-state index is -3.71. The van der Waals surface area contributed by atoms with Crippen molar-refractivity contribution in [3.63, 3.8) is 0 Å². The van der Waals surface area contributed by atoms with Gasteiger partial charge in [-0.2, -0.15) is 0 Å². The first-order valence-corrected chi connectivity index (χ1v) is 8.95. The van der Waals surface area contributed by atoms with Gasteiger partial charge < -0.3 is 10.1 Å². The number of carbonyl (C=O) groups excluding carboxylic acids is 1. The molecule has 7 heteroatoms. The fraction of sp³-hybridized carbons (Fsp3) is 0.533. The largest absolute Gasteiger partial charge is 0.495 e. The predicted molar refractivity (Wildman–Crippen MR) is 83.6 cm³/mol. The Morgan fingerprint density at radius 1 is 1.32 bits per heavy atom. The van der Waals surface area contributed by atoms with Crippen LogP contribution in [0.15, 0.2) is 23.1 Å². The number of sulfonamides is 1. The zero-order valence-electron chi connectivity index (χ0n) is 12.9. The molecule has 0 bridgehead atoms. The Labute approximate surface area is 131 Å². The average molecular weight is 326 g/mol. The molecule has 0 atom stereocenters. The number of hydrogen-bond acceptors (Lipinski definition) is 4. The second-order valence-corrected chi connectivity index (χ2v) is 7.01. The molecule has 1 saturated carbocycles. The van der Waals surface area contributed by atoms with Gasteiger partial charge >= 0.3 is 0 Å². The van der Waals surface area contributed by atoms with Crippen molar-refractivity contribution in [3.05, 3.63) is 23.8 Å². The molecule has 1 amide bonds. The molecule has 0 saturated heterocycles. The van der Waals surface area contributed by atoms with E-state index < -0.39 is 10.0 Å². The zero-order chi connectivity index (χ0) is 16.2. The molecule has 0 heterocycles. The van der Waals surface area contributed by atoms with Crippen molar-refractivity contribution in [2.24, 2.45) is 0 Å². The summed E-state index contributed by atoms with van der Waals surface area (Å²) in [5.74, 6) is -0.0685. The van der Waals surface area contributed by atoms with Crippen LogP contribution < -0.4 is 14.8 Å². The topological polar surface area (TPSA) is 84.5 Å². The van der Waals surface area contributed by atoms with Gasteiger partial charge in [-0.1, -0.05) is 12.8 Å². The lowest BCUT2D eigenvalue weighted by atomic mass is 10.2. The Hall–Kier alpha value is -1.60. The van der Waals surface area contributed by atoms with E-state index in [1.54, 1.807) is 13.0 Å². The van der Waals surface area contributed by atoms with Gasteiger partial charge in [-0.15, -0.1) is 0 Å². The van der Waals surface area contributed by atoms with Crippen molar-refractivity contribution in [1.82, 2.24) is 10.0 Å². The number of methoxy groups -OCH3 is 1. The highest BCUT2D eigenvalue weighted by Gasteiger charge is 2.26. The van der Waals surface area contributed by atoms with Gasteiger partial charge in [0.15, 0.2) is 0 Å². The van der Waals surface area contributed by atoms with Crippen molar-refractivity contribution in [3.8, 4) is 5.75 Å². The van der Waals surface area contributed by atoms with Crippen molar-refractivity contribution in [1.29, 1.82) is 0 Å². The lowest BCUT2D eigenvalue weighted by Crippen LogP contribution is -2.33. The predicted octanol–water partition coefficient (Wildman–Crippen LogP) is 1.67. The van der Waals surface area contributed by atoms with Crippen LogP contribution in [0.4, 0.5) is 0 Å². The van der Waals surface area contributed by atoms with Crippen LogP contribution >= 0.6 is 0 Å². The second kappa shape index (κ2) is 7.11. The molecular weight excluding hydrogens is 304 g/mol. The van der Waals surface area contributed by atoms with Crippen LogP contribution in [0.3, 0.4) is 0 Å². The standard InChI is InChI=1S/C15H22N2O4S/c1-3-16-15(18)11-8-9-13(21-2)14(10-11)22(19,20)17-12-6-4-5-7-12/h8-10,12,17H,3-7H2,1-2H3,(H,16,18). The molecule has 0 radical (unpaired) electrons. The first-order valence-electron chi connectivity index (χ1n) is 7.46. The van der Waals surface area contributed by atoms with E-state index in [0.717, 1.165) is 25.7 Å². The number of carbonyl (C=O) groups is 1. The first-order chi connectivity index (χ1) is 10.5. The maximum Gasteiger partial charge on any atom is 0.251 e. The summed E-state index contributed by atoms with van der Waals surface area (Å²) in [6.45, 7) is 2.29. The van der Waals surface area contributed by atoms with Crippen LogP contribution in [0.5, 0.6) is 5.75 Å². The van der Waals surface area contributed by atoms with Gasteiger partial charge in [0.2, 0.25) is 10.0 Å². The highest BCUT2D eigenvalue weighted by Crippen LogP contribution is 2.27. The van der Waals surface area contributed by atoms with Crippen LogP contribution in [-0.2, 0) is 10.0 Å². The van der Waals surface area contributed by atoms with E-state index in [-0.39, 0.29) is 22.6 Å². The van der Waals surface area contributed by atoms with Gasteiger partial charge in [0.05, 0.1) is 7.11 Å². The molecule has 0 spiro atoms. The van der Waals surface area contributed by atoms with E-state index in [1.165, 1.54) is 19.2 Å². The maximum atomic E-state index is 12.6. The smallest absolute Gasteiger partial charge is 0.251 e. The third-order valence-corrected chi connectivity index (χ3v) is 5.27. The molecule has 0 aliphatic heterocycles. The summed E-state index contributed by atoms with van der Waals surface area (Å²) in [4.78, 5) is 11.9. The molecule has 0 unspecified atom stereocenters. The summed E-state index contributed by atoms with van der Waals surface area (Å²) in [5, 5.41) is 2.66. The molecule has 1 aliphatic carbocycles. The molecule has 122 valence electrons. The van der Waals surface area contributed by atoms with Crippen molar-refractivity contribution in [2.45, 2.75) is 43.5 Å². The number of benzene rings is 1.